The first kappa shape index (κ1) is 14.1. The average Bonchev–Trinajstić information content (AvgIpc) is 3.11. The normalized spacial score (nSPS) is 26.0. The zero-order chi connectivity index (χ0) is 15.0. The van der Waals surface area contributed by atoms with Gasteiger partial charge in [0.2, 0.25) is 5.91 Å². The summed E-state index contributed by atoms with van der Waals surface area (Å²) in [4.78, 5) is 14.3. The molecular formula is C17H19FN2O. The highest BCUT2D eigenvalue weighted by Gasteiger charge is 2.48. The topological polar surface area (TPSA) is 44.1 Å². The largest absolute Gasteiger partial charge is 0.338 e. The van der Waals surface area contributed by atoms with Crippen molar-refractivity contribution in [1.82, 2.24) is 4.90 Å². The molecule has 0 N–H and O–H groups in total. The van der Waals surface area contributed by atoms with E-state index in [4.69, 9.17) is 5.26 Å². The Hall–Kier alpha value is -1.89. The molecule has 110 valence electrons. The van der Waals surface area contributed by atoms with E-state index in [9.17, 15) is 9.18 Å². The molecule has 4 heteroatoms. The number of benzene rings is 1. The lowest BCUT2D eigenvalue weighted by molar-refractivity contribution is -0.136. The third kappa shape index (κ3) is 2.78. The van der Waals surface area contributed by atoms with Crippen molar-refractivity contribution >= 4 is 5.91 Å². The molecule has 0 aromatic heterocycles. The van der Waals surface area contributed by atoms with Crippen LogP contribution in [-0.2, 0) is 11.3 Å². The van der Waals surface area contributed by atoms with Crippen molar-refractivity contribution in [2.45, 2.75) is 32.7 Å². The summed E-state index contributed by atoms with van der Waals surface area (Å²) in [7, 11) is 0. The fourth-order valence-electron chi connectivity index (χ4n) is 3.47. The quantitative estimate of drug-likeness (QED) is 0.853. The molecule has 1 aromatic rings. The number of nitrogens with zero attached hydrogens (tertiary/aromatic N) is 2. The smallest absolute Gasteiger partial charge is 0.225 e. The van der Waals surface area contributed by atoms with Gasteiger partial charge in [-0.1, -0.05) is 6.07 Å². The summed E-state index contributed by atoms with van der Waals surface area (Å²) in [5.74, 6) is 1.42. The Morgan fingerprint density at radius 2 is 2.10 bits per heavy atom. The molecule has 21 heavy (non-hydrogen) atoms. The number of carbonyl (C=O) groups excluding carboxylic acids is 1. The van der Waals surface area contributed by atoms with Crippen molar-refractivity contribution in [2.24, 2.45) is 17.8 Å². The van der Waals surface area contributed by atoms with Crippen LogP contribution in [0.25, 0.3) is 0 Å². The van der Waals surface area contributed by atoms with Gasteiger partial charge in [0.1, 0.15) is 5.82 Å². The molecule has 2 atom stereocenters. The fraction of sp³-hybridized carbons (Fsp3) is 0.529. The zero-order valence-corrected chi connectivity index (χ0v) is 12.2. The SMILES string of the molecule is CCN(Cc1ccc(C#N)cc1F)C(=O)C1CC2CC2C1. The first-order valence-electron chi connectivity index (χ1n) is 7.59. The number of hydrogen-bond acceptors (Lipinski definition) is 2. The first-order chi connectivity index (χ1) is 10.1. The second kappa shape index (κ2) is 5.48. The van der Waals surface area contributed by atoms with Crippen LogP contribution in [0.5, 0.6) is 0 Å². The third-order valence-electron chi connectivity index (χ3n) is 4.83. The van der Waals surface area contributed by atoms with Gasteiger partial charge in [0.25, 0.3) is 0 Å². The van der Waals surface area contributed by atoms with Crippen molar-refractivity contribution in [3.63, 3.8) is 0 Å². The number of hydrogen-bond donors (Lipinski definition) is 0. The van der Waals surface area contributed by atoms with Crippen molar-refractivity contribution in [3.05, 3.63) is 35.1 Å². The monoisotopic (exact) mass is 286 g/mol. The van der Waals surface area contributed by atoms with Crippen LogP contribution in [0.15, 0.2) is 18.2 Å². The van der Waals surface area contributed by atoms with Crippen LogP contribution in [0, 0.1) is 34.9 Å². The van der Waals surface area contributed by atoms with Gasteiger partial charge >= 0.3 is 0 Å². The van der Waals surface area contributed by atoms with Gasteiger partial charge in [-0.3, -0.25) is 4.79 Å². The highest BCUT2D eigenvalue weighted by atomic mass is 19.1. The number of fused-ring (bicyclic) bond motifs is 1. The molecule has 1 amide bonds. The number of nitriles is 1. The predicted octanol–water partition coefficient (Wildman–Crippen LogP) is 3.09. The standard InChI is InChI=1S/C17H19FN2O/c1-2-20(17(21)15-7-13-6-14(13)8-15)10-12-4-3-11(9-19)5-16(12)18/h3-5,13-15H,2,6-8,10H2,1H3. The van der Waals surface area contributed by atoms with Crippen LogP contribution in [0.2, 0.25) is 0 Å². The molecule has 0 aliphatic heterocycles. The maximum Gasteiger partial charge on any atom is 0.225 e. The number of carbonyl (C=O) groups is 1. The molecule has 0 bridgehead atoms. The van der Waals surface area contributed by atoms with E-state index in [1.54, 1.807) is 17.0 Å². The molecule has 0 heterocycles. The minimum atomic E-state index is -0.408. The van der Waals surface area contributed by atoms with E-state index in [0.29, 0.717) is 24.2 Å². The molecule has 1 aromatic carbocycles. The summed E-state index contributed by atoms with van der Waals surface area (Å²) in [6.07, 6.45) is 3.31. The minimum absolute atomic E-state index is 0.134. The summed E-state index contributed by atoms with van der Waals surface area (Å²) in [6.45, 7) is 2.80. The molecule has 3 nitrogen and oxygen atoms in total. The van der Waals surface area contributed by atoms with E-state index in [1.807, 2.05) is 13.0 Å². The third-order valence-corrected chi connectivity index (χ3v) is 4.83. The predicted molar refractivity (Wildman–Crippen MR) is 76.5 cm³/mol. The van der Waals surface area contributed by atoms with Gasteiger partial charge in [-0.05, 0) is 50.2 Å². The summed E-state index contributed by atoms with van der Waals surface area (Å²) in [5, 5.41) is 8.76. The molecule has 2 saturated carbocycles. The zero-order valence-electron chi connectivity index (χ0n) is 12.2. The lowest BCUT2D eigenvalue weighted by atomic mass is 10.0. The maximum atomic E-state index is 14.0. The van der Waals surface area contributed by atoms with Crippen molar-refractivity contribution in [3.8, 4) is 6.07 Å². The maximum absolute atomic E-state index is 14.0. The molecule has 2 aliphatic carbocycles. The number of halogens is 1. The summed E-state index contributed by atoms with van der Waals surface area (Å²) in [6, 6.07) is 6.36. The van der Waals surface area contributed by atoms with Gasteiger partial charge in [0.05, 0.1) is 11.6 Å². The highest BCUT2D eigenvalue weighted by molar-refractivity contribution is 5.79. The molecule has 0 spiro atoms. The highest BCUT2D eigenvalue weighted by Crippen LogP contribution is 2.54. The van der Waals surface area contributed by atoms with Gasteiger partial charge < -0.3 is 4.90 Å². The van der Waals surface area contributed by atoms with Crippen molar-refractivity contribution in [1.29, 1.82) is 5.26 Å². The number of rotatable bonds is 4. The first-order valence-corrected chi connectivity index (χ1v) is 7.59. The van der Waals surface area contributed by atoms with E-state index in [-0.39, 0.29) is 11.8 Å². The molecule has 0 radical (unpaired) electrons. The molecular weight excluding hydrogens is 267 g/mol. The summed E-state index contributed by atoms with van der Waals surface area (Å²) < 4.78 is 14.0. The lowest BCUT2D eigenvalue weighted by Gasteiger charge is -2.25. The van der Waals surface area contributed by atoms with Crippen molar-refractivity contribution in [2.75, 3.05) is 6.54 Å². The minimum Gasteiger partial charge on any atom is -0.338 e. The Labute approximate surface area is 124 Å². The van der Waals surface area contributed by atoms with Gasteiger partial charge in [0.15, 0.2) is 0 Å². The van der Waals surface area contributed by atoms with E-state index < -0.39 is 5.82 Å². The Kier molecular flexibility index (Phi) is 3.67. The molecule has 2 unspecified atom stereocenters. The number of amides is 1. The van der Waals surface area contributed by atoms with Crippen molar-refractivity contribution < 1.29 is 9.18 Å². The lowest BCUT2D eigenvalue weighted by Crippen LogP contribution is -2.35. The van der Waals surface area contributed by atoms with Gasteiger partial charge in [-0.25, -0.2) is 4.39 Å². The Bertz CT molecular complexity index is 597. The van der Waals surface area contributed by atoms with E-state index in [0.717, 1.165) is 24.7 Å². The average molecular weight is 286 g/mol. The molecule has 2 fully saturated rings. The van der Waals surface area contributed by atoms with E-state index in [2.05, 4.69) is 0 Å². The summed E-state index contributed by atoms with van der Waals surface area (Å²) in [5.41, 5.74) is 0.786. The second-order valence-electron chi connectivity index (χ2n) is 6.19. The van der Waals surface area contributed by atoms with Gasteiger partial charge in [0, 0.05) is 24.6 Å². The Morgan fingerprint density at radius 1 is 1.38 bits per heavy atom. The van der Waals surface area contributed by atoms with Gasteiger partial charge in [-0.15, -0.1) is 0 Å². The Morgan fingerprint density at radius 3 is 2.67 bits per heavy atom. The molecule has 2 aliphatic rings. The van der Waals surface area contributed by atoms with E-state index in [1.165, 1.54) is 12.5 Å². The van der Waals surface area contributed by atoms with Crippen LogP contribution in [-0.4, -0.2) is 17.4 Å². The molecule has 0 saturated heterocycles. The van der Waals surface area contributed by atoms with Crippen LogP contribution in [0.4, 0.5) is 4.39 Å². The van der Waals surface area contributed by atoms with Crippen LogP contribution in [0.1, 0.15) is 37.3 Å². The molecule has 3 rings (SSSR count). The fourth-order valence-corrected chi connectivity index (χ4v) is 3.47. The van der Waals surface area contributed by atoms with Gasteiger partial charge in [-0.2, -0.15) is 5.26 Å². The van der Waals surface area contributed by atoms with Crippen LogP contribution in [0.3, 0.4) is 0 Å². The van der Waals surface area contributed by atoms with Crippen LogP contribution >= 0.6 is 0 Å². The van der Waals surface area contributed by atoms with E-state index >= 15 is 0 Å². The summed E-state index contributed by atoms with van der Waals surface area (Å²) >= 11 is 0. The second-order valence-corrected chi connectivity index (χ2v) is 6.19. The van der Waals surface area contributed by atoms with Crippen LogP contribution < -0.4 is 0 Å². The Balaban J connectivity index is 1.69.